The number of nitrogens with zero attached hydrogens (tertiary/aromatic N) is 5. The molecule has 5 rings (SSSR count). The number of ether oxygens (including phenoxy) is 1. The third kappa shape index (κ3) is 7.77. The number of carbonyl (C=O) groups excluding carboxylic acids is 2. The standard InChI is InChI=1S/C34H45FN6O3/c1-4-44-33(42)27-6-5-17-39(23-27)30-15-18-38(19-16-30)34(43)40-20-21-41(32(24-40)36-3)31(22-26-9-11-28(35)12-10-26)37-29-13-7-25(2)8-14-29/h7-14,22,27,30,37H,4-6,15-21,23-24H2,1-3H3/b31-22+,36-32?. The van der Waals surface area contributed by atoms with E-state index in [1.165, 1.54) is 17.7 Å². The number of piperidine rings is 2. The fourth-order valence-electron chi connectivity index (χ4n) is 6.40. The van der Waals surface area contributed by atoms with Crippen LogP contribution in [-0.2, 0) is 9.53 Å². The number of amides is 2. The summed E-state index contributed by atoms with van der Waals surface area (Å²) in [7, 11) is 1.76. The van der Waals surface area contributed by atoms with Gasteiger partial charge in [-0.2, -0.15) is 0 Å². The van der Waals surface area contributed by atoms with Gasteiger partial charge in [-0.1, -0.05) is 29.8 Å². The fourth-order valence-corrected chi connectivity index (χ4v) is 6.40. The number of aliphatic imine (C=N–C) groups is 1. The molecule has 2 aromatic carbocycles. The maximum atomic E-state index is 13.7. The van der Waals surface area contributed by atoms with Gasteiger partial charge >= 0.3 is 12.0 Å². The first-order valence-electron chi connectivity index (χ1n) is 15.8. The maximum Gasteiger partial charge on any atom is 0.320 e. The Morgan fingerprint density at radius 3 is 2.39 bits per heavy atom. The van der Waals surface area contributed by atoms with E-state index in [1.54, 1.807) is 19.2 Å². The molecule has 3 saturated heterocycles. The molecule has 0 saturated carbocycles. The summed E-state index contributed by atoms with van der Waals surface area (Å²) in [5.41, 5.74) is 2.96. The van der Waals surface area contributed by atoms with E-state index in [1.807, 2.05) is 34.9 Å². The number of rotatable bonds is 7. The second kappa shape index (κ2) is 14.7. The molecular weight excluding hydrogens is 559 g/mol. The first kappa shape index (κ1) is 31.5. The summed E-state index contributed by atoms with van der Waals surface area (Å²) >= 11 is 0. The minimum Gasteiger partial charge on any atom is -0.466 e. The maximum absolute atomic E-state index is 13.7. The number of anilines is 1. The van der Waals surface area contributed by atoms with Gasteiger partial charge in [0, 0.05) is 51.5 Å². The highest BCUT2D eigenvalue weighted by Crippen LogP contribution is 2.26. The topological polar surface area (TPSA) is 80.7 Å². The van der Waals surface area contributed by atoms with E-state index in [0.717, 1.165) is 61.7 Å². The predicted molar refractivity (Wildman–Crippen MR) is 172 cm³/mol. The summed E-state index contributed by atoms with van der Waals surface area (Å²) in [6.07, 6.45) is 5.69. The van der Waals surface area contributed by atoms with E-state index in [9.17, 15) is 14.0 Å². The van der Waals surface area contributed by atoms with Gasteiger partial charge in [0.2, 0.25) is 0 Å². The van der Waals surface area contributed by atoms with Crippen LogP contribution >= 0.6 is 0 Å². The number of hydrogen-bond acceptors (Lipinski definition) is 6. The molecule has 3 aliphatic rings. The van der Waals surface area contributed by atoms with Crippen LogP contribution in [0, 0.1) is 18.7 Å². The Hall–Kier alpha value is -3.92. The molecule has 0 radical (unpaired) electrons. The van der Waals surface area contributed by atoms with Gasteiger partial charge in [-0.05, 0) is 82.0 Å². The number of carbonyl (C=O) groups is 2. The lowest BCUT2D eigenvalue weighted by Gasteiger charge is -2.44. The normalized spacial score (nSPS) is 21.5. The van der Waals surface area contributed by atoms with Crippen molar-refractivity contribution in [2.24, 2.45) is 10.9 Å². The lowest BCUT2D eigenvalue weighted by atomic mass is 9.94. The zero-order valence-electron chi connectivity index (χ0n) is 26.2. The lowest BCUT2D eigenvalue weighted by molar-refractivity contribution is -0.150. The molecule has 0 spiro atoms. The molecule has 0 aromatic heterocycles. The van der Waals surface area contributed by atoms with Crippen LogP contribution in [0.3, 0.4) is 0 Å². The van der Waals surface area contributed by atoms with Crippen LogP contribution in [0.2, 0.25) is 0 Å². The second-order valence-corrected chi connectivity index (χ2v) is 11.9. The average Bonchev–Trinajstić information content (AvgIpc) is 3.06. The number of nitrogens with one attached hydrogen (secondary N) is 1. The van der Waals surface area contributed by atoms with E-state index in [2.05, 4.69) is 39.2 Å². The molecule has 3 aliphatic heterocycles. The molecule has 3 heterocycles. The van der Waals surface area contributed by atoms with Crippen molar-refractivity contribution in [1.29, 1.82) is 0 Å². The van der Waals surface area contributed by atoms with Crippen LogP contribution in [0.1, 0.15) is 43.7 Å². The molecule has 2 amide bonds. The van der Waals surface area contributed by atoms with Crippen molar-refractivity contribution < 1.29 is 18.7 Å². The third-order valence-corrected chi connectivity index (χ3v) is 8.88. The first-order chi connectivity index (χ1) is 21.3. The molecule has 9 nitrogen and oxygen atoms in total. The zero-order valence-corrected chi connectivity index (χ0v) is 26.2. The van der Waals surface area contributed by atoms with Gasteiger partial charge in [0.15, 0.2) is 0 Å². The number of amidine groups is 1. The first-order valence-corrected chi connectivity index (χ1v) is 15.8. The Morgan fingerprint density at radius 2 is 1.70 bits per heavy atom. The smallest absolute Gasteiger partial charge is 0.320 e. The summed E-state index contributed by atoms with van der Waals surface area (Å²) in [6.45, 7) is 9.01. The second-order valence-electron chi connectivity index (χ2n) is 11.9. The van der Waals surface area contributed by atoms with Gasteiger partial charge in [-0.3, -0.25) is 14.7 Å². The van der Waals surface area contributed by atoms with E-state index in [0.29, 0.717) is 45.4 Å². The van der Waals surface area contributed by atoms with Crippen molar-refractivity contribution in [3.05, 3.63) is 71.3 Å². The van der Waals surface area contributed by atoms with Crippen molar-refractivity contribution >= 4 is 29.6 Å². The van der Waals surface area contributed by atoms with Crippen LogP contribution < -0.4 is 5.32 Å². The minimum atomic E-state index is -0.279. The van der Waals surface area contributed by atoms with Crippen molar-refractivity contribution in [2.75, 3.05) is 64.8 Å². The molecule has 1 atom stereocenters. The molecular formula is C34H45FN6O3. The molecule has 10 heteroatoms. The zero-order chi connectivity index (χ0) is 31.1. The van der Waals surface area contributed by atoms with Crippen molar-refractivity contribution in [2.45, 2.75) is 45.6 Å². The van der Waals surface area contributed by atoms with Crippen molar-refractivity contribution in [1.82, 2.24) is 19.6 Å². The van der Waals surface area contributed by atoms with Gasteiger partial charge in [0.1, 0.15) is 17.5 Å². The molecule has 0 aliphatic carbocycles. The molecule has 0 bridgehead atoms. The van der Waals surface area contributed by atoms with Gasteiger partial charge in [-0.15, -0.1) is 0 Å². The van der Waals surface area contributed by atoms with Gasteiger partial charge < -0.3 is 24.8 Å². The van der Waals surface area contributed by atoms with Gasteiger partial charge in [0.05, 0.1) is 19.1 Å². The number of likely N-dealkylation sites (tertiary alicyclic amines) is 2. The summed E-state index contributed by atoms with van der Waals surface area (Å²) in [5, 5.41) is 3.53. The number of halogens is 1. The SMILES string of the molecule is CCOC(=O)C1CCCN(C2CCN(C(=O)N3CCN(/C(=C/c4ccc(F)cc4)Nc4ccc(C)cc4)C(=NC)C3)CC2)C1. The number of urea groups is 1. The highest BCUT2D eigenvalue weighted by Gasteiger charge is 2.35. The molecule has 1 unspecified atom stereocenters. The lowest BCUT2D eigenvalue weighted by Crippen LogP contribution is -2.57. The quantitative estimate of drug-likeness (QED) is 0.446. The molecule has 1 N–H and O–H groups in total. The summed E-state index contributed by atoms with van der Waals surface area (Å²) in [6, 6.07) is 15.0. The molecule has 2 aromatic rings. The Labute approximate surface area is 260 Å². The summed E-state index contributed by atoms with van der Waals surface area (Å²) < 4.78 is 18.9. The van der Waals surface area contributed by atoms with E-state index < -0.39 is 0 Å². The van der Waals surface area contributed by atoms with E-state index >= 15 is 0 Å². The summed E-state index contributed by atoms with van der Waals surface area (Å²) in [4.78, 5) is 39.0. The molecule has 236 valence electrons. The largest absolute Gasteiger partial charge is 0.466 e. The van der Waals surface area contributed by atoms with E-state index in [-0.39, 0.29) is 23.7 Å². The summed E-state index contributed by atoms with van der Waals surface area (Å²) in [5.74, 6) is 1.19. The van der Waals surface area contributed by atoms with Crippen LogP contribution in [0.25, 0.3) is 6.08 Å². The highest BCUT2D eigenvalue weighted by atomic mass is 19.1. The third-order valence-electron chi connectivity index (χ3n) is 8.88. The number of benzene rings is 2. The molecule has 44 heavy (non-hydrogen) atoms. The van der Waals surface area contributed by atoms with Crippen LogP contribution in [0.15, 0.2) is 59.3 Å². The minimum absolute atomic E-state index is 0.0443. The average molecular weight is 605 g/mol. The van der Waals surface area contributed by atoms with Crippen molar-refractivity contribution in [3.8, 4) is 0 Å². The number of esters is 1. The Kier molecular flexibility index (Phi) is 10.5. The van der Waals surface area contributed by atoms with E-state index in [4.69, 9.17) is 4.74 Å². The van der Waals surface area contributed by atoms with Crippen LogP contribution in [0.4, 0.5) is 14.9 Å². The Bertz CT molecular complexity index is 1340. The Morgan fingerprint density at radius 1 is 0.977 bits per heavy atom. The Balaban J connectivity index is 1.21. The number of piperazine rings is 1. The van der Waals surface area contributed by atoms with Crippen LogP contribution in [0.5, 0.6) is 0 Å². The van der Waals surface area contributed by atoms with Gasteiger partial charge in [0.25, 0.3) is 0 Å². The van der Waals surface area contributed by atoms with Gasteiger partial charge in [-0.25, -0.2) is 9.18 Å². The molecule has 3 fully saturated rings. The number of aryl methyl sites for hydroxylation is 1. The monoisotopic (exact) mass is 604 g/mol. The number of hydrogen-bond donors (Lipinski definition) is 1. The predicted octanol–water partition coefficient (Wildman–Crippen LogP) is 5.05. The highest BCUT2D eigenvalue weighted by molar-refractivity contribution is 5.91. The van der Waals surface area contributed by atoms with Crippen molar-refractivity contribution in [3.63, 3.8) is 0 Å². The van der Waals surface area contributed by atoms with Crippen LogP contribution in [-0.4, -0.2) is 103 Å². The fraction of sp³-hybridized carbons (Fsp3) is 0.500.